The van der Waals surface area contributed by atoms with Crippen LogP contribution in [0.5, 0.6) is 11.5 Å². The van der Waals surface area contributed by atoms with Crippen LogP contribution in [-0.2, 0) is 29.8 Å². The Labute approximate surface area is 180 Å². The molecule has 0 saturated carbocycles. The third-order valence-electron chi connectivity index (χ3n) is 3.49. The summed E-state index contributed by atoms with van der Waals surface area (Å²) in [5, 5.41) is 25.7. The highest BCUT2D eigenvalue weighted by atomic mass is 32.2. The molecule has 2 rings (SSSR count). The molecule has 0 unspecified atom stereocenters. The van der Waals surface area contributed by atoms with Crippen LogP contribution in [-0.4, -0.2) is 60.4 Å². The van der Waals surface area contributed by atoms with Gasteiger partial charge < -0.3 is 10.2 Å². The van der Waals surface area contributed by atoms with E-state index in [1.54, 1.807) is 0 Å². The second-order valence-corrected chi connectivity index (χ2v) is 8.58. The fourth-order valence-electron chi connectivity index (χ4n) is 2.07. The summed E-state index contributed by atoms with van der Waals surface area (Å²) in [6, 6.07) is 6.08. The predicted octanol–water partition coefficient (Wildman–Crippen LogP) is -0.808. The number of benzene rings is 2. The first-order chi connectivity index (χ1) is 14.8. The lowest BCUT2D eigenvalue weighted by Gasteiger charge is -2.03. The van der Waals surface area contributed by atoms with Gasteiger partial charge in [-0.25, -0.2) is 10.9 Å². The number of carbonyl (C=O) groups excluding carboxylic acids is 2. The lowest BCUT2D eigenvalue weighted by atomic mass is 10.2. The molecule has 0 spiro atoms. The van der Waals surface area contributed by atoms with Crippen LogP contribution in [0.2, 0.25) is 0 Å². The van der Waals surface area contributed by atoms with E-state index in [9.17, 15) is 36.6 Å². The summed E-state index contributed by atoms with van der Waals surface area (Å²) in [7, 11) is -9.40. The number of rotatable bonds is 6. The zero-order chi connectivity index (χ0) is 24.1. The zero-order valence-electron chi connectivity index (χ0n) is 15.6. The van der Waals surface area contributed by atoms with Gasteiger partial charge in [-0.15, -0.1) is 0 Å². The van der Waals surface area contributed by atoms with Gasteiger partial charge in [-0.2, -0.15) is 27.0 Å². The Balaban J connectivity index is 1.99. The fourth-order valence-corrected chi connectivity index (χ4v) is 3.30. The molecular formula is C16H14N4O10S2. The van der Waals surface area contributed by atoms with Crippen molar-refractivity contribution in [3.8, 4) is 11.5 Å². The Hall–Kier alpha value is -3.86. The van der Waals surface area contributed by atoms with Crippen LogP contribution in [0.3, 0.4) is 0 Å². The van der Waals surface area contributed by atoms with E-state index in [2.05, 4.69) is 10.2 Å². The number of phenols is 2. The first-order valence-electron chi connectivity index (χ1n) is 8.06. The van der Waals surface area contributed by atoms with Crippen molar-refractivity contribution in [2.75, 3.05) is 0 Å². The molecule has 0 heterocycles. The molecule has 14 nitrogen and oxygen atoms in total. The normalized spacial score (nSPS) is 12.2. The molecule has 170 valence electrons. The molecule has 0 aliphatic carbocycles. The van der Waals surface area contributed by atoms with E-state index < -0.39 is 53.3 Å². The Morgan fingerprint density at radius 2 is 1.06 bits per heavy atom. The molecule has 0 aromatic heterocycles. The molecule has 32 heavy (non-hydrogen) atoms. The number of phenolic OH excluding ortho intramolecular Hbond substituents is 2. The standard InChI is InChI=1S/C16H14N4O10S2/c21-11-3-1-9(5-13(11)31(25,26)27)7-17-19-15(23)16(24)20-18-8-10-2-4-12(22)14(6-10)32(28,29)30/h1-8,21-22H,(H,19,23)(H,20,24)(H,25,26,27)(H,28,29,30)/b17-7+,18-8+. The quantitative estimate of drug-likeness (QED) is 0.129. The molecule has 2 amide bonds. The minimum atomic E-state index is -4.70. The molecule has 0 atom stereocenters. The van der Waals surface area contributed by atoms with E-state index in [4.69, 9.17) is 9.11 Å². The van der Waals surface area contributed by atoms with Crippen LogP contribution in [0, 0.1) is 0 Å². The second kappa shape index (κ2) is 9.52. The van der Waals surface area contributed by atoms with Crippen molar-refractivity contribution in [2.45, 2.75) is 9.79 Å². The Kier molecular flexibility index (Phi) is 7.26. The first-order valence-corrected chi connectivity index (χ1v) is 10.9. The fraction of sp³-hybridized carbons (Fsp3) is 0. The minimum Gasteiger partial charge on any atom is -0.506 e. The number of carbonyl (C=O) groups is 2. The van der Waals surface area contributed by atoms with Crippen LogP contribution < -0.4 is 10.9 Å². The Morgan fingerprint density at radius 3 is 1.38 bits per heavy atom. The molecule has 2 aromatic carbocycles. The predicted molar refractivity (Wildman–Crippen MR) is 107 cm³/mol. The molecule has 0 radical (unpaired) electrons. The van der Waals surface area contributed by atoms with Crippen molar-refractivity contribution in [2.24, 2.45) is 10.2 Å². The van der Waals surface area contributed by atoms with Gasteiger partial charge in [0.15, 0.2) is 0 Å². The summed E-state index contributed by atoms with van der Waals surface area (Å²) in [5.41, 5.74) is 3.73. The third kappa shape index (κ3) is 6.57. The monoisotopic (exact) mass is 486 g/mol. The summed E-state index contributed by atoms with van der Waals surface area (Å²) in [6.07, 6.45) is 1.85. The van der Waals surface area contributed by atoms with Crippen molar-refractivity contribution in [1.82, 2.24) is 10.9 Å². The van der Waals surface area contributed by atoms with Crippen molar-refractivity contribution >= 4 is 44.5 Å². The smallest absolute Gasteiger partial charge is 0.331 e. The van der Waals surface area contributed by atoms with Gasteiger partial charge in [0.05, 0.1) is 12.4 Å². The van der Waals surface area contributed by atoms with Crippen LogP contribution >= 0.6 is 0 Å². The average molecular weight is 486 g/mol. The maximum absolute atomic E-state index is 11.7. The van der Waals surface area contributed by atoms with Crippen LogP contribution in [0.15, 0.2) is 56.4 Å². The van der Waals surface area contributed by atoms with E-state index in [1.807, 2.05) is 10.9 Å². The topological polar surface area (TPSA) is 232 Å². The molecule has 0 bridgehead atoms. The second-order valence-electron chi connectivity index (χ2n) is 5.80. The van der Waals surface area contributed by atoms with Gasteiger partial charge in [0.1, 0.15) is 21.3 Å². The van der Waals surface area contributed by atoms with E-state index in [0.717, 1.165) is 36.7 Å². The first kappa shape index (κ1) is 24.4. The van der Waals surface area contributed by atoms with Crippen LogP contribution in [0.1, 0.15) is 11.1 Å². The highest BCUT2D eigenvalue weighted by molar-refractivity contribution is 7.86. The Bertz CT molecular complexity index is 1230. The number of aromatic hydroxyl groups is 2. The van der Waals surface area contributed by atoms with Gasteiger partial charge in [0.2, 0.25) is 0 Å². The molecule has 16 heteroatoms. The van der Waals surface area contributed by atoms with E-state index >= 15 is 0 Å². The van der Waals surface area contributed by atoms with Gasteiger partial charge in [-0.3, -0.25) is 18.7 Å². The SMILES string of the molecule is O=C(N/N=C/c1ccc(O)c(S(=O)(=O)O)c1)C(=O)N/N=C/c1ccc(O)c(S(=O)(=O)O)c1. The molecule has 0 saturated heterocycles. The summed E-state index contributed by atoms with van der Waals surface area (Å²) >= 11 is 0. The summed E-state index contributed by atoms with van der Waals surface area (Å²) in [6.45, 7) is 0. The average Bonchev–Trinajstić information content (AvgIpc) is 2.68. The van der Waals surface area contributed by atoms with Gasteiger partial charge in [0, 0.05) is 0 Å². The highest BCUT2D eigenvalue weighted by Gasteiger charge is 2.17. The number of hydrazone groups is 2. The largest absolute Gasteiger partial charge is 0.506 e. The molecule has 0 aliphatic heterocycles. The number of hydrogen-bond donors (Lipinski definition) is 6. The lowest BCUT2D eigenvalue weighted by molar-refractivity contribution is -0.139. The van der Waals surface area contributed by atoms with E-state index in [-0.39, 0.29) is 11.1 Å². The molecule has 6 N–H and O–H groups in total. The van der Waals surface area contributed by atoms with E-state index in [0.29, 0.717) is 0 Å². The van der Waals surface area contributed by atoms with Gasteiger partial charge in [0.25, 0.3) is 20.2 Å². The van der Waals surface area contributed by atoms with Gasteiger partial charge >= 0.3 is 11.8 Å². The Morgan fingerprint density at radius 1 is 0.719 bits per heavy atom. The molecule has 0 fully saturated rings. The summed E-state index contributed by atoms with van der Waals surface area (Å²) in [4.78, 5) is 21.7. The van der Waals surface area contributed by atoms with Crippen molar-refractivity contribution in [1.29, 1.82) is 0 Å². The number of nitrogens with zero attached hydrogens (tertiary/aromatic N) is 2. The molecular weight excluding hydrogens is 472 g/mol. The lowest BCUT2D eigenvalue weighted by Crippen LogP contribution is -2.35. The van der Waals surface area contributed by atoms with Crippen molar-refractivity contribution < 1.29 is 45.7 Å². The number of hydrogen-bond acceptors (Lipinski definition) is 10. The number of amides is 2. The maximum atomic E-state index is 11.7. The highest BCUT2D eigenvalue weighted by Crippen LogP contribution is 2.23. The van der Waals surface area contributed by atoms with Crippen LogP contribution in [0.4, 0.5) is 0 Å². The number of nitrogens with one attached hydrogen (secondary N) is 2. The van der Waals surface area contributed by atoms with Gasteiger partial charge in [-0.1, -0.05) is 0 Å². The summed E-state index contributed by atoms with van der Waals surface area (Å²) < 4.78 is 62.5. The summed E-state index contributed by atoms with van der Waals surface area (Å²) in [5.74, 6) is -3.97. The van der Waals surface area contributed by atoms with Gasteiger partial charge in [-0.05, 0) is 47.5 Å². The van der Waals surface area contributed by atoms with Crippen molar-refractivity contribution in [3.05, 3.63) is 47.5 Å². The zero-order valence-corrected chi connectivity index (χ0v) is 17.2. The minimum absolute atomic E-state index is 0.0520. The van der Waals surface area contributed by atoms with E-state index in [1.165, 1.54) is 12.1 Å². The van der Waals surface area contributed by atoms with Crippen molar-refractivity contribution in [3.63, 3.8) is 0 Å². The van der Waals surface area contributed by atoms with Crippen LogP contribution in [0.25, 0.3) is 0 Å². The molecule has 0 aliphatic rings. The molecule has 2 aromatic rings. The third-order valence-corrected chi connectivity index (χ3v) is 5.25. The maximum Gasteiger partial charge on any atom is 0.331 e.